The molecule has 1 aromatic rings. The molecule has 0 unspecified atom stereocenters. The Labute approximate surface area is 98.4 Å². The molecule has 0 bridgehead atoms. The first-order valence-electron chi connectivity index (χ1n) is 6.41. The second-order valence-electron chi connectivity index (χ2n) is 4.75. The predicted molar refractivity (Wildman–Crippen MR) is 69.5 cm³/mol. The standard InChI is InChI=1S/C14H22N2/c15-14-8-6-13(7-9-14)5-1-2-10-16-11-3-4-12-16/h6-9H,1-5,10-12,15H2. The number of likely N-dealkylation sites (tertiary alicyclic amines) is 1. The Hall–Kier alpha value is -1.02. The molecule has 0 aromatic heterocycles. The molecule has 16 heavy (non-hydrogen) atoms. The van der Waals surface area contributed by atoms with Crippen molar-refractivity contribution in [1.29, 1.82) is 0 Å². The van der Waals surface area contributed by atoms with Crippen LogP contribution < -0.4 is 5.73 Å². The molecule has 0 saturated carbocycles. The number of hydrogen-bond acceptors (Lipinski definition) is 2. The lowest BCUT2D eigenvalue weighted by Gasteiger charge is -2.13. The van der Waals surface area contributed by atoms with Crippen molar-refractivity contribution in [3.8, 4) is 0 Å². The zero-order chi connectivity index (χ0) is 11.2. The van der Waals surface area contributed by atoms with Crippen molar-refractivity contribution in [1.82, 2.24) is 4.90 Å². The summed E-state index contributed by atoms with van der Waals surface area (Å²) in [6.45, 7) is 3.93. The Morgan fingerprint density at radius 3 is 2.38 bits per heavy atom. The third kappa shape index (κ3) is 3.53. The van der Waals surface area contributed by atoms with Gasteiger partial charge in [-0.2, -0.15) is 0 Å². The second-order valence-corrected chi connectivity index (χ2v) is 4.75. The third-order valence-corrected chi connectivity index (χ3v) is 3.37. The molecule has 88 valence electrons. The van der Waals surface area contributed by atoms with Crippen molar-refractivity contribution in [2.75, 3.05) is 25.4 Å². The van der Waals surface area contributed by atoms with E-state index in [0.29, 0.717) is 0 Å². The summed E-state index contributed by atoms with van der Waals surface area (Å²) in [5.41, 5.74) is 7.93. The normalized spacial score (nSPS) is 16.8. The van der Waals surface area contributed by atoms with Crippen LogP contribution in [0.3, 0.4) is 0 Å². The highest BCUT2D eigenvalue weighted by molar-refractivity contribution is 5.39. The Balaban J connectivity index is 1.62. The van der Waals surface area contributed by atoms with Gasteiger partial charge >= 0.3 is 0 Å². The van der Waals surface area contributed by atoms with Gasteiger partial charge in [-0.15, -0.1) is 0 Å². The molecule has 1 aliphatic heterocycles. The molecule has 0 spiro atoms. The van der Waals surface area contributed by atoms with Crippen molar-refractivity contribution in [2.24, 2.45) is 0 Å². The van der Waals surface area contributed by atoms with E-state index in [1.165, 1.54) is 57.3 Å². The SMILES string of the molecule is Nc1ccc(CCCCN2CCCC2)cc1. The summed E-state index contributed by atoms with van der Waals surface area (Å²) in [5.74, 6) is 0. The molecule has 1 saturated heterocycles. The van der Waals surface area contributed by atoms with Gasteiger partial charge in [0.15, 0.2) is 0 Å². The average molecular weight is 218 g/mol. The smallest absolute Gasteiger partial charge is 0.0314 e. The Bertz CT molecular complexity index is 299. The van der Waals surface area contributed by atoms with Crippen LogP contribution in [0, 0.1) is 0 Å². The highest BCUT2D eigenvalue weighted by Crippen LogP contribution is 2.11. The van der Waals surface area contributed by atoms with Gasteiger partial charge in [-0.05, 0) is 69.4 Å². The minimum absolute atomic E-state index is 0.862. The Kier molecular flexibility index (Phi) is 4.23. The third-order valence-electron chi connectivity index (χ3n) is 3.37. The summed E-state index contributed by atoms with van der Waals surface area (Å²) in [6.07, 6.45) is 6.61. The van der Waals surface area contributed by atoms with Gasteiger partial charge in [0, 0.05) is 5.69 Å². The van der Waals surface area contributed by atoms with E-state index in [0.717, 1.165) is 5.69 Å². The van der Waals surface area contributed by atoms with E-state index >= 15 is 0 Å². The molecule has 0 atom stereocenters. The molecule has 2 nitrogen and oxygen atoms in total. The molecule has 2 rings (SSSR count). The predicted octanol–water partition coefficient (Wildman–Crippen LogP) is 2.69. The van der Waals surface area contributed by atoms with Gasteiger partial charge in [-0.3, -0.25) is 0 Å². The summed E-state index contributed by atoms with van der Waals surface area (Å²) in [4.78, 5) is 2.59. The van der Waals surface area contributed by atoms with Crippen LogP contribution in [0.2, 0.25) is 0 Å². The number of benzene rings is 1. The maximum absolute atomic E-state index is 5.66. The molecule has 1 heterocycles. The van der Waals surface area contributed by atoms with Gasteiger partial charge in [-0.25, -0.2) is 0 Å². The summed E-state index contributed by atoms with van der Waals surface area (Å²) in [6, 6.07) is 8.28. The van der Waals surface area contributed by atoms with E-state index < -0.39 is 0 Å². The van der Waals surface area contributed by atoms with Crippen molar-refractivity contribution < 1.29 is 0 Å². The number of hydrogen-bond donors (Lipinski definition) is 1. The number of aryl methyl sites for hydroxylation is 1. The highest BCUT2D eigenvalue weighted by atomic mass is 15.1. The van der Waals surface area contributed by atoms with Gasteiger partial charge in [0.2, 0.25) is 0 Å². The number of nitrogens with zero attached hydrogens (tertiary/aromatic N) is 1. The van der Waals surface area contributed by atoms with Crippen molar-refractivity contribution in [3.63, 3.8) is 0 Å². The average Bonchev–Trinajstić information content (AvgIpc) is 2.80. The number of unbranched alkanes of at least 4 members (excludes halogenated alkanes) is 1. The summed E-state index contributed by atoms with van der Waals surface area (Å²) < 4.78 is 0. The van der Waals surface area contributed by atoms with Gasteiger partial charge in [-0.1, -0.05) is 12.1 Å². The van der Waals surface area contributed by atoms with E-state index in [1.54, 1.807) is 0 Å². The quantitative estimate of drug-likeness (QED) is 0.608. The zero-order valence-corrected chi connectivity index (χ0v) is 9.99. The summed E-state index contributed by atoms with van der Waals surface area (Å²) >= 11 is 0. The van der Waals surface area contributed by atoms with Crippen LogP contribution in [0.5, 0.6) is 0 Å². The van der Waals surface area contributed by atoms with Crippen LogP contribution in [0.4, 0.5) is 5.69 Å². The fraction of sp³-hybridized carbons (Fsp3) is 0.571. The Morgan fingerprint density at radius 1 is 1.00 bits per heavy atom. The van der Waals surface area contributed by atoms with Gasteiger partial charge in [0.25, 0.3) is 0 Å². The summed E-state index contributed by atoms with van der Waals surface area (Å²) in [5, 5.41) is 0. The van der Waals surface area contributed by atoms with Gasteiger partial charge in [0.05, 0.1) is 0 Å². The molecule has 1 fully saturated rings. The van der Waals surface area contributed by atoms with Crippen LogP contribution in [0.25, 0.3) is 0 Å². The monoisotopic (exact) mass is 218 g/mol. The van der Waals surface area contributed by atoms with Crippen molar-refractivity contribution >= 4 is 5.69 Å². The largest absolute Gasteiger partial charge is 0.399 e. The molecule has 1 aliphatic rings. The maximum atomic E-state index is 5.66. The number of nitrogens with two attached hydrogens (primary N) is 1. The van der Waals surface area contributed by atoms with E-state index in [1.807, 2.05) is 12.1 Å². The minimum atomic E-state index is 0.862. The second kappa shape index (κ2) is 5.90. The number of nitrogen functional groups attached to an aromatic ring is 1. The molecule has 1 aromatic carbocycles. The first kappa shape index (κ1) is 11.5. The Morgan fingerprint density at radius 2 is 1.69 bits per heavy atom. The topological polar surface area (TPSA) is 29.3 Å². The molecular formula is C14H22N2. The first-order valence-corrected chi connectivity index (χ1v) is 6.41. The van der Waals surface area contributed by atoms with Gasteiger partial charge in [0.1, 0.15) is 0 Å². The minimum Gasteiger partial charge on any atom is -0.399 e. The number of rotatable bonds is 5. The molecule has 2 N–H and O–H groups in total. The zero-order valence-electron chi connectivity index (χ0n) is 9.99. The fourth-order valence-corrected chi connectivity index (χ4v) is 2.36. The van der Waals surface area contributed by atoms with E-state index in [9.17, 15) is 0 Å². The molecule has 0 radical (unpaired) electrons. The van der Waals surface area contributed by atoms with Crippen molar-refractivity contribution in [2.45, 2.75) is 32.1 Å². The fourth-order valence-electron chi connectivity index (χ4n) is 2.36. The maximum Gasteiger partial charge on any atom is 0.0314 e. The molecular weight excluding hydrogens is 196 g/mol. The van der Waals surface area contributed by atoms with Crippen LogP contribution in [0.1, 0.15) is 31.2 Å². The molecule has 2 heteroatoms. The van der Waals surface area contributed by atoms with Crippen LogP contribution in [-0.4, -0.2) is 24.5 Å². The number of anilines is 1. The highest BCUT2D eigenvalue weighted by Gasteiger charge is 2.09. The van der Waals surface area contributed by atoms with Crippen LogP contribution in [-0.2, 0) is 6.42 Å². The van der Waals surface area contributed by atoms with Crippen LogP contribution in [0.15, 0.2) is 24.3 Å². The van der Waals surface area contributed by atoms with E-state index in [2.05, 4.69) is 17.0 Å². The summed E-state index contributed by atoms with van der Waals surface area (Å²) in [7, 11) is 0. The van der Waals surface area contributed by atoms with Crippen LogP contribution >= 0.6 is 0 Å². The lowest BCUT2D eigenvalue weighted by molar-refractivity contribution is 0.330. The van der Waals surface area contributed by atoms with E-state index in [-0.39, 0.29) is 0 Å². The molecule has 0 amide bonds. The van der Waals surface area contributed by atoms with E-state index in [4.69, 9.17) is 5.73 Å². The lowest BCUT2D eigenvalue weighted by Crippen LogP contribution is -2.20. The first-order chi connectivity index (χ1) is 7.84. The van der Waals surface area contributed by atoms with Gasteiger partial charge < -0.3 is 10.6 Å². The lowest BCUT2D eigenvalue weighted by atomic mass is 10.1. The van der Waals surface area contributed by atoms with Crippen molar-refractivity contribution in [3.05, 3.63) is 29.8 Å². The molecule has 0 aliphatic carbocycles.